The van der Waals surface area contributed by atoms with Crippen molar-refractivity contribution in [3.63, 3.8) is 0 Å². The number of sulfonamides is 1. The van der Waals surface area contributed by atoms with Crippen molar-refractivity contribution in [1.29, 1.82) is 0 Å². The van der Waals surface area contributed by atoms with Gasteiger partial charge in [-0.15, -0.1) is 0 Å². The molecule has 156 valence electrons. The van der Waals surface area contributed by atoms with Crippen LogP contribution in [0.5, 0.6) is 11.5 Å². The Balaban J connectivity index is 1.75. The molecule has 1 atom stereocenters. The monoisotopic (exact) mass is 411 g/mol. The molecular weight excluding hydrogens is 382 g/mol. The zero-order valence-electron chi connectivity index (χ0n) is 16.8. The maximum atomic E-state index is 13.1. The number of methoxy groups -OCH3 is 2. The van der Waals surface area contributed by atoms with Gasteiger partial charge in [-0.3, -0.25) is 4.79 Å². The summed E-state index contributed by atoms with van der Waals surface area (Å²) in [6.45, 7) is 3.76. The van der Waals surface area contributed by atoms with Crippen molar-refractivity contribution >= 4 is 15.9 Å². The van der Waals surface area contributed by atoms with Crippen LogP contribution in [0.1, 0.15) is 12.8 Å². The fraction of sp³-hybridized carbons (Fsp3) is 0.632. The predicted octanol–water partition coefficient (Wildman–Crippen LogP) is 0.879. The van der Waals surface area contributed by atoms with Gasteiger partial charge in [0.2, 0.25) is 15.9 Å². The summed E-state index contributed by atoms with van der Waals surface area (Å²) < 4.78 is 38.1. The second kappa shape index (κ2) is 8.67. The summed E-state index contributed by atoms with van der Waals surface area (Å²) >= 11 is 0. The van der Waals surface area contributed by atoms with E-state index in [1.807, 2.05) is 11.9 Å². The SMILES string of the molecule is COc1ccc(S(=O)(=O)N2CCC[C@H](C(=O)N3CCN(C)CC3)C2)cc1OC. The molecule has 3 rings (SSSR count). The van der Waals surface area contributed by atoms with E-state index in [0.717, 1.165) is 19.5 Å². The molecule has 2 aliphatic rings. The highest BCUT2D eigenvalue weighted by Gasteiger charge is 2.36. The molecular formula is C19H29N3O5S. The van der Waals surface area contributed by atoms with E-state index in [0.29, 0.717) is 37.6 Å². The average Bonchev–Trinajstić information content (AvgIpc) is 2.73. The first-order valence-electron chi connectivity index (χ1n) is 9.56. The van der Waals surface area contributed by atoms with Crippen molar-refractivity contribution in [2.24, 2.45) is 5.92 Å². The minimum Gasteiger partial charge on any atom is -0.493 e. The molecule has 1 aromatic carbocycles. The molecule has 2 heterocycles. The van der Waals surface area contributed by atoms with Crippen LogP contribution >= 0.6 is 0 Å². The normalized spacial score (nSPS) is 22.1. The molecule has 2 saturated heterocycles. The van der Waals surface area contributed by atoms with Gasteiger partial charge >= 0.3 is 0 Å². The van der Waals surface area contributed by atoms with Crippen molar-refractivity contribution in [3.05, 3.63) is 18.2 Å². The van der Waals surface area contributed by atoms with E-state index >= 15 is 0 Å². The van der Waals surface area contributed by atoms with Crippen molar-refractivity contribution < 1.29 is 22.7 Å². The molecule has 1 aromatic rings. The highest BCUT2D eigenvalue weighted by atomic mass is 32.2. The Morgan fingerprint density at radius 3 is 2.36 bits per heavy atom. The highest BCUT2D eigenvalue weighted by Crippen LogP contribution is 2.32. The number of nitrogens with zero attached hydrogens (tertiary/aromatic N) is 3. The lowest BCUT2D eigenvalue weighted by atomic mass is 9.98. The van der Waals surface area contributed by atoms with E-state index < -0.39 is 10.0 Å². The predicted molar refractivity (Wildman–Crippen MR) is 105 cm³/mol. The first kappa shape index (κ1) is 20.9. The van der Waals surface area contributed by atoms with Crippen LogP contribution in [-0.4, -0.2) is 89.0 Å². The van der Waals surface area contributed by atoms with Gasteiger partial charge in [0, 0.05) is 45.3 Å². The Morgan fingerprint density at radius 2 is 1.71 bits per heavy atom. The molecule has 9 heteroatoms. The molecule has 2 fully saturated rings. The maximum Gasteiger partial charge on any atom is 0.243 e. The Labute approximate surface area is 167 Å². The molecule has 0 aromatic heterocycles. The van der Waals surface area contributed by atoms with Crippen LogP contribution < -0.4 is 9.47 Å². The third-order valence-corrected chi connectivity index (χ3v) is 7.40. The van der Waals surface area contributed by atoms with E-state index in [4.69, 9.17) is 9.47 Å². The first-order chi connectivity index (χ1) is 13.4. The molecule has 0 radical (unpaired) electrons. The number of piperazine rings is 1. The van der Waals surface area contributed by atoms with E-state index in [1.54, 1.807) is 6.07 Å². The quantitative estimate of drug-likeness (QED) is 0.716. The van der Waals surface area contributed by atoms with Gasteiger partial charge in [0.1, 0.15) is 0 Å². The van der Waals surface area contributed by atoms with Crippen LogP contribution in [0.25, 0.3) is 0 Å². The van der Waals surface area contributed by atoms with Gasteiger partial charge in [-0.2, -0.15) is 4.31 Å². The number of hydrogen-bond acceptors (Lipinski definition) is 6. The standard InChI is InChI=1S/C19H29N3O5S/c1-20-9-11-21(12-10-20)19(23)15-5-4-8-22(14-15)28(24,25)16-6-7-17(26-2)18(13-16)27-3/h6-7,13,15H,4-5,8-12,14H2,1-3H3/t15-/m0/s1. The molecule has 2 aliphatic heterocycles. The number of rotatable bonds is 5. The van der Waals surface area contributed by atoms with Crippen LogP contribution in [0.4, 0.5) is 0 Å². The lowest BCUT2D eigenvalue weighted by Crippen LogP contribution is -2.52. The third-order valence-electron chi connectivity index (χ3n) is 5.54. The Bertz CT molecular complexity index is 806. The van der Waals surface area contributed by atoms with E-state index in [-0.39, 0.29) is 23.3 Å². The number of carbonyl (C=O) groups is 1. The van der Waals surface area contributed by atoms with Crippen LogP contribution in [0.3, 0.4) is 0 Å². The van der Waals surface area contributed by atoms with Gasteiger partial charge in [0.05, 0.1) is 25.0 Å². The Morgan fingerprint density at radius 1 is 1.04 bits per heavy atom. The lowest BCUT2D eigenvalue weighted by molar-refractivity contribution is -0.138. The van der Waals surface area contributed by atoms with Gasteiger partial charge in [0.25, 0.3) is 0 Å². The van der Waals surface area contributed by atoms with Crippen LogP contribution in [-0.2, 0) is 14.8 Å². The molecule has 0 spiro atoms. The summed E-state index contributed by atoms with van der Waals surface area (Å²) in [5.74, 6) is 0.626. The maximum absolute atomic E-state index is 13.1. The van der Waals surface area contributed by atoms with E-state index in [2.05, 4.69) is 4.90 Å². The summed E-state index contributed by atoms with van der Waals surface area (Å²) in [5, 5.41) is 0. The first-order valence-corrected chi connectivity index (χ1v) is 11.0. The topological polar surface area (TPSA) is 79.4 Å². The second-order valence-electron chi connectivity index (χ2n) is 7.35. The lowest BCUT2D eigenvalue weighted by Gasteiger charge is -2.37. The summed E-state index contributed by atoms with van der Waals surface area (Å²) in [7, 11) is 1.31. The van der Waals surface area contributed by atoms with Gasteiger partial charge < -0.3 is 19.3 Å². The molecule has 0 bridgehead atoms. The Hall–Kier alpha value is -1.84. The number of hydrogen-bond donors (Lipinski definition) is 0. The van der Waals surface area contributed by atoms with Crippen LogP contribution in [0, 0.1) is 5.92 Å². The number of ether oxygens (including phenoxy) is 2. The molecule has 8 nitrogen and oxygen atoms in total. The minimum atomic E-state index is -3.71. The number of benzene rings is 1. The van der Waals surface area contributed by atoms with Crippen molar-refractivity contribution in [2.45, 2.75) is 17.7 Å². The summed E-state index contributed by atoms with van der Waals surface area (Å²) in [5.41, 5.74) is 0. The van der Waals surface area contributed by atoms with Gasteiger partial charge in [-0.05, 0) is 32.0 Å². The zero-order chi connectivity index (χ0) is 20.3. The summed E-state index contributed by atoms with van der Waals surface area (Å²) in [4.78, 5) is 17.1. The molecule has 28 heavy (non-hydrogen) atoms. The van der Waals surface area contributed by atoms with Gasteiger partial charge in [-0.25, -0.2) is 8.42 Å². The number of piperidine rings is 1. The number of likely N-dealkylation sites (N-methyl/N-ethyl adjacent to an activating group) is 1. The molecule has 0 saturated carbocycles. The summed E-state index contributed by atoms with van der Waals surface area (Å²) in [6, 6.07) is 4.57. The molecule has 1 amide bonds. The largest absolute Gasteiger partial charge is 0.493 e. The molecule has 0 aliphatic carbocycles. The zero-order valence-corrected chi connectivity index (χ0v) is 17.6. The fourth-order valence-corrected chi connectivity index (χ4v) is 5.31. The smallest absolute Gasteiger partial charge is 0.243 e. The molecule has 0 unspecified atom stereocenters. The molecule has 0 N–H and O–H groups in total. The van der Waals surface area contributed by atoms with E-state index in [1.165, 1.54) is 30.7 Å². The Kier molecular flexibility index (Phi) is 6.47. The van der Waals surface area contributed by atoms with Gasteiger partial charge in [0.15, 0.2) is 11.5 Å². The average molecular weight is 412 g/mol. The van der Waals surface area contributed by atoms with Crippen LogP contribution in [0.2, 0.25) is 0 Å². The van der Waals surface area contributed by atoms with Crippen molar-refractivity contribution in [1.82, 2.24) is 14.1 Å². The minimum absolute atomic E-state index is 0.0697. The fourth-order valence-electron chi connectivity index (χ4n) is 3.77. The summed E-state index contributed by atoms with van der Waals surface area (Å²) in [6.07, 6.45) is 1.40. The third kappa shape index (κ3) is 4.26. The highest BCUT2D eigenvalue weighted by molar-refractivity contribution is 7.89. The number of carbonyl (C=O) groups excluding carboxylic acids is 1. The van der Waals surface area contributed by atoms with Crippen LogP contribution in [0.15, 0.2) is 23.1 Å². The van der Waals surface area contributed by atoms with Crippen molar-refractivity contribution in [2.75, 3.05) is 60.5 Å². The number of amides is 1. The van der Waals surface area contributed by atoms with Gasteiger partial charge in [-0.1, -0.05) is 0 Å². The second-order valence-corrected chi connectivity index (χ2v) is 9.29. The van der Waals surface area contributed by atoms with Crippen molar-refractivity contribution in [3.8, 4) is 11.5 Å². The van der Waals surface area contributed by atoms with E-state index in [9.17, 15) is 13.2 Å².